The van der Waals surface area contributed by atoms with Crippen molar-refractivity contribution in [1.29, 1.82) is 0 Å². The number of aliphatic hydroxyl groups is 1. The molecule has 3 atom stereocenters. The van der Waals surface area contributed by atoms with Crippen molar-refractivity contribution >= 4 is 17.9 Å². The molecule has 0 radical (unpaired) electrons. The van der Waals surface area contributed by atoms with Gasteiger partial charge in [0, 0.05) is 0 Å². The van der Waals surface area contributed by atoms with Gasteiger partial charge in [-0.25, -0.2) is 10.9 Å². The number of aliphatic hydroxyl groups excluding tert-OH is 1. The monoisotopic (exact) mass is 349 g/mol. The van der Waals surface area contributed by atoms with Gasteiger partial charge in [0.2, 0.25) is 0 Å². The Morgan fingerprint density at radius 3 is 1.79 bits per heavy atom. The number of hydrogen-bond acceptors (Lipinski definition) is 7. The van der Waals surface area contributed by atoms with Crippen LogP contribution in [0.2, 0.25) is 0 Å². The van der Waals surface area contributed by atoms with Crippen molar-refractivity contribution in [3.05, 3.63) is 0 Å². The SMILES string of the molecule is CCCCC(C(=O)O)N(NC(CO)C(=O)O)NC(CCC)C(=O)O. The van der Waals surface area contributed by atoms with Crippen molar-refractivity contribution in [3.63, 3.8) is 0 Å². The second-order valence-electron chi connectivity index (χ2n) is 5.38. The van der Waals surface area contributed by atoms with E-state index in [4.69, 9.17) is 10.2 Å². The van der Waals surface area contributed by atoms with E-state index < -0.39 is 42.6 Å². The fourth-order valence-corrected chi connectivity index (χ4v) is 2.02. The molecule has 0 spiro atoms. The van der Waals surface area contributed by atoms with Crippen LogP contribution in [0.3, 0.4) is 0 Å². The van der Waals surface area contributed by atoms with Gasteiger partial charge in [-0.3, -0.25) is 14.4 Å². The number of hydrazine groups is 2. The zero-order valence-corrected chi connectivity index (χ0v) is 13.9. The topological polar surface area (TPSA) is 159 Å². The Hall–Kier alpha value is -1.75. The first-order valence-electron chi connectivity index (χ1n) is 7.89. The fraction of sp³-hybridized carbons (Fsp3) is 0.786. The summed E-state index contributed by atoms with van der Waals surface area (Å²) in [7, 11) is 0. The number of rotatable bonds is 14. The second kappa shape index (κ2) is 11.7. The summed E-state index contributed by atoms with van der Waals surface area (Å²) in [4.78, 5) is 33.9. The first-order chi connectivity index (χ1) is 11.3. The van der Waals surface area contributed by atoms with Gasteiger partial charge < -0.3 is 20.4 Å². The van der Waals surface area contributed by atoms with E-state index >= 15 is 0 Å². The van der Waals surface area contributed by atoms with Crippen LogP contribution in [0.1, 0.15) is 46.0 Å². The van der Waals surface area contributed by atoms with Crippen molar-refractivity contribution in [1.82, 2.24) is 16.0 Å². The number of carbonyl (C=O) groups is 3. The molecule has 0 saturated heterocycles. The third kappa shape index (κ3) is 7.68. The van der Waals surface area contributed by atoms with Gasteiger partial charge in [-0.05, 0) is 12.8 Å². The van der Waals surface area contributed by atoms with Crippen LogP contribution in [0.15, 0.2) is 0 Å². The number of nitrogens with one attached hydrogen (secondary N) is 2. The Morgan fingerprint density at radius 2 is 1.42 bits per heavy atom. The number of carboxylic acid groups (broad SMARTS) is 3. The molecule has 0 rings (SSSR count). The van der Waals surface area contributed by atoms with E-state index in [0.717, 1.165) is 11.5 Å². The van der Waals surface area contributed by atoms with E-state index in [1.165, 1.54) is 0 Å². The third-order valence-electron chi connectivity index (χ3n) is 3.37. The number of hydrogen-bond donors (Lipinski definition) is 6. The van der Waals surface area contributed by atoms with Crippen LogP contribution in [-0.2, 0) is 14.4 Å². The van der Waals surface area contributed by atoms with Crippen LogP contribution in [-0.4, -0.2) is 68.2 Å². The van der Waals surface area contributed by atoms with E-state index in [1.807, 2.05) is 6.92 Å². The molecule has 0 aliphatic heterocycles. The van der Waals surface area contributed by atoms with Gasteiger partial charge in [-0.1, -0.05) is 33.1 Å². The minimum absolute atomic E-state index is 0.183. The average Bonchev–Trinajstić information content (AvgIpc) is 2.50. The lowest BCUT2D eigenvalue weighted by molar-refractivity contribution is -0.156. The van der Waals surface area contributed by atoms with E-state index in [0.29, 0.717) is 12.8 Å². The van der Waals surface area contributed by atoms with E-state index in [2.05, 4.69) is 10.9 Å². The van der Waals surface area contributed by atoms with Crippen molar-refractivity contribution in [2.24, 2.45) is 0 Å². The minimum atomic E-state index is -1.46. The lowest BCUT2D eigenvalue weighted by Gasteiger charge is -2.33. The van der Waals surface area contributed by atoms with E-state index in [-0.39, 0.29) is 12.8 Å². The first kappa shape index (κ1) is 22.2. The minimum Gasteiger partial charge on any atom is -0.480 e. The Morgan fingerprint density at radius 1 is 0.875 bits per heavy atom. The van der Waals surface area contributed by atoms with Gasteiger partial charge in [-0.15, -0.1) is 0 Å². The quantitative estimate of drug-likeness (QED) is 0.229. The smallest absolute Gasteiger partial charge is 0.324 e. The number of aliphatic carboxylic acids is 3. The summed E-state index contributed by atoms with van der Waals surface area (Å²) in [6, 6.07) is -3.73. The maximum absolute atomic E-state index is 11.5. The summed E-state index contributed by atoms with van der Waals surface area (Å²) < 4.78 is 0. The van der Waals surface area contributed by atoms with Crippen molar-refractivity contribution in [2.45, 2.75) is 64.1 Å². The molecule has 0 fully saturated rings. The van der Waals surface area contributed by atoms with Crippen LogP contribution >= 0.6 is 0 Å². The molecular formula is C14H27N3O7. The summed E-state index contributed by atoms with van der Waals surface area (Å²) in [5.41, 5.74) is 4.90. The third-order valence-corrected chi connectivity index (χ3v) is 3.37. The molecule has 0 aromatic rings. The molecule has 140 valence electrons. The summed E-state index contributed by atoms with van der Waals surface area (Å²) in [6.45, 7) is 2.86. The molecule has 0 aliphatic rings. The maximum Gasteiger partial charge on any atom is 0.324 e. The molecule has 0 aromatic heterocycles. The van der Waals surface area contributed by atoms with Gasteiger partial charge in [0.05, 0.1) is 6.61 Å². The number of carboxylic acids is 3. The van der Waals surface area contributed by atoms with Gasteiger partial charge in [0.15, 0.2) is 0 Å². The Balaban J connectivity index is 5.39. The largest absolute Gasteiger partial charge is 0.480 e. The van der Waals surface area contributed by atoms with Gasteiger partial charge in [0.1, 0.15) is 18.1 Å². The lowest BCUT2D eigenvalue weighted by Crippen LogP contribution is -2.64. The van der Waals surface area contributed by atoms with Crippen LogP contribution in [0.25, 0.3) is 0 Å². The predicted molar refractivity (Wildman–Crippen MR) is 83.9 cm³/mol. The van der Waals surface area contributed by atoms with E-state index in [1.54, 1.807) is 6.92 Å². The zero-order valence-electron chi connectivity index (χ0n) is 13.9. The molecule has 6 N–H and O–H groups in total. The first-order valence-corrected chi connectivity index (χ1v) is 7.89. The molecule has 0 heterocycles. The highest BCUT2D eigenvalue weighted by atomic mass is 16.4. The van der Waals surface area contributed by atoms with Gasteiger partial charge in [0.25, 0.3) is 0 Å². The molecule has 10 nitrogen and oxygen atoms in total. The van der Waals surface area contributed by atoms with Crippen molar-refractivity contribution in [3.8, 4) is 0 Å². The van der Waals surface area contributed by atoms with Crippen LogP contribution < -0.4 is 10.9 Å². The summed E-state index contributed by atoms with van der Waals surface area (Å²) in [5, 5.41) is 37.7. The van der Waals surface area contributed by atoms with Gasteiger partial charge in [-0.2, -0.15) is 5.12 Å². The van der Waals surface area contributed by atoms with Crippen molar-refractivity contribution in [2.75, 3.05) is 6.61 Å². The molecule has 10 heteroatoms. The molecule has 0 aromatic carbocycles. The van der Waals surface area contributed by atoms with E-state index in [9.17, 15) is 24.6 Å². The number of nitrogens with zero attached hydrogens (tertiary/aromatic N) is 1. The predicted octanol–water partition coefficient (Wildman–Crippen LogP) is -0.360. The average molecular weight is 349 g/mol. The fourth-order valence-electron chi connectivity index (χ4n) is 2.02. The lowest BCUT2D eigenvalue weighted by atomic mass is 10.1. The maximum atomic E-state index is 11.5. The molecule has 0 aliphatic carbocycles. The summed E-state index contributed by atoms with van der Waals surface area (Å²) in [5.74, 6) is -3.79. The van der Waals surface area contributed by atoms with Crippen molar-refractivity contribution < 1.29 is 34.8 Å². The van der Waals surface area contributed by atoms with Crippen LogP contribution in [0.5, 0.6) is 0 Å². The Labute approximate surface area is 140 Å². The highest BCUT2D eigenvalue weighted by Gasteiger charge is 2.32. The van der Waals surface area contributed by atoms with Crippen LogP contribution in [0.4, 0.5) is 0 Å². The molecule has 24 heavy (non-hydrogen) atoms. The normalized spacial score (nSPS) is 15.0. The Bertz CT molecular complexity index is 419. The Kier molecular flexibility index (Phi) is 10.9. The molecule has 3 unspecified atom stereocenters. The standard InChI is InChI=1S/C14H27N3O7/c1-3-5-7-11(14(23)24)17(16-10(8-18)13(21)22)15-9(6-4-2)12(19)20/h9-11,15-16,18H,3-8H2,1-2H3,(H,19,20)(H,21,22)(H,23,24). The summed E-state index contributed by atoms with van der Waals surface area (Å²) >= 11 is 0. The highest BCUT2D eigenvalue weighted by molar-refractivity contribution is 5.75. The molecular weight excluding hydrogens is 322 g/mol. The molecule has 0 bridgehead atoms. The molecule has 0 saturated carbocycles. The zero-order chi connectivity index (χ0) is 18.7. The van der Waals surface area contributed by atoms with Gasteiger partial charge >= 0.3 is 17.9 Å². The molecule has 0 amide bonds. The highest BCUT2D eigenvalue weighted by Crippen LogP contribution is 2.09. The summed E-state index contributed by atoms with van der Waals surface area (Å²) in [6.07, 6.45) is 2.22. The second-order valence-corrected chi connectivity index (χ2v) is 5.38. The number of unbranched alkanes of at least 4 members (excludes halogenated alkanes) is 1. The van der Waals surface area contributed by atoms with Crippen LogP contribution in [0, 0.1) is 0 Å².